The van der Waals surface area contributed by atoms with Crippen LogP contribution >= 0.6 is 0 Å². The van der Waals surface area contributed by atoms with Crippen LogP contribution in [0.15, 0.2) is 0 Å². The van der Waals surface area contributed by atoms with Crippen molar-refractivity contribution >= 4 is 13.3 Å². The summed E-state index contributed by atoms with van der Waals surface area (Å²) >= 11 is -3.06. The fourth-order valence-corrected chi connectivity index (χ4v) is 1.30. The van der Waals surface area contributed by atoms with Crippen molar-refractivity contribution in [2.75, 3.05) is 0 Å². The van der Waals surface area contributed by atoms with Gasteiger partial charge in [-0.05, 0) is 0 Å². The van der Waals surface area contributed by atoms with E-state index >= 15 is 0 Å². The van der Waals surface area contributed by atoms with E-state index in [9.17, 15) is 0 Å². The van der Waals surface area contributed by atoms with Gasteiger partial charge in [-0.2, -0.15) is 0 Å². The zero-order chi connectivity index (χ0) is 7.33. The van der Waals surface area contributed by atoms with Crippen molar-refractivity contribution in [2.24, 2.45) is 0 Å². The molecule has 0 amide bonds. The minimum atomic E-state index is -3.06. The zero-order valence-electron chi connectivity index (χ0n) is 4.81. The van der Waals surface area contributed by atoms with Gasteiger partial charge >= 0.3 is 58.0 Å². The first-order valence-corrected chi connectivity index (χ1v) is 6.35. The van der Waals surface area contributed by atoms with Gasteiger partial charge in [0.1, 0.15) is 0 Å². The molecule has 0 aromatic heterocycles. The first kappa shape index (κ1) is 7.78. The molecule has 0 N–H and O–H groups in total. The molecule has 40 valence electrons. The van der Waals surface area contributed by atoms with E-state index in [1.165, 1.54) is 0 Å². The zero-order valence-corrected chi connectivity index (χ0v) is 6.91. The molecule has 0 rings (SSSR count). The Morgan fingerprint density at radius 2 is 0.889 bits per heavy atom. The second-order valence-electron chi connectivity index (χ2n) is 1.33. The Labute approximate surface area is 58.4 Å². The van der Waals surface area contributed by atoms with Gasteiger partial charge in [0.2, 0.25) is 0 Å². The van der Waals surface area contributed by atoms with E-state index < -0.39 is 13.3 Å². The third kappa shape index (κ3) is 1.33. The van der Waals surface area contributed by atoms with Gasteiger partial charge in [0.05, 0.1) is 0 Å². The summed E-state index contributed by atoms with van der Waals surface area (Å²) in [6, 6.07) is 0. The van der Waals surface area contributed by atoms with Crippen LogP contribution in [0.5, 0.6) is 0 Å². The molecule has 0 aliphatic carbocycles. The molecule has 1 heteroatoms. The summed E-state index contributed by atoms with van der Waals surface area (Å²) in [6.07, 6.45) is 20.2. The van der Waals surface area contributed by atoms with Crippen LogP contribution in [-0.4, -0.2) is 13.3 Å². The Morgan fingerprint density at radius 3 is 0.889 bits per heavy atom. The van der Waals surface area contributed by atoms with Gasteiger partial charge in [0, 0.05) is 0 Å². The Hall–Kier alpha value is -1.22. The van der Waals surface area contributed by atoms with E-state index in [2.05, 4.69) is 19.0 Å². The molecule has 0 spiro atoms. The molecular weight excluding hydrogens is 169 g/mol. The Kier molecular flexibility index (Phi) is 2.54. The predicted molar refractivity (Wildman–Crippen MR) is 41.1 cm³/mol. The molecule has 0 aromatic carbocycles. The fraction of sp³-hybridized carbons (Fsp3) is 0. The molecular formula is C8H4Ge. The third-order valence-corrected chi connectivity index (χ3v) is 4.50. The first-order valence-electron chi connectivity index (χ1n) is 2.15. The number of hydrogen-bond acceptors (Lipinski definition) is 0. The summed E-state index contributed by atoms with van der Waals surface area (Å²) in [7, 11) is 0. The van der Waals surface area contributed by atoms with Crippen molar-refractivity contribution in [2.45, 2.75) is 0 Å². The van der Waals surface area contributed by atoms with E-state index in [0.29, 0.717) is 0 Å². The summed E-state index contributed by atoms with van der Waals surface area (Å²) in [6.45, 7) is 0. The van der Waals surface area contributed by atoms with Crippen LogP contribution in [0.1, 0.15) is 0 Å². The summed E-state index contributed by atoms with van der Waals surface area (Å²) < 4.78 is 9.38. The van der Waals surface area contributed by atoms with Crippen molar-refractivity contribution in [3.05, 3.63) is 0 Å². The molecule has 0 fully saturated rings. The van der Waals surface area contributed by atoms with E-state index in [4.69, 9.17) is 25.7 Å². The quantitative estimate of drug-likeness (QED) is 0.360. The van der Waals surface area contributed by atoms with Crippen LogP contribution in [-0.2, 0) is 0 Å². The van der Waals surface area contributed by atoms with Gasteiger partial charge in [-0.25, -0.2) is 0 Å². The number of terminal acetylenes is 4. The van der Waals surface area contributed by atoms with Gasteiger partial charge < -0.3 is 0 Å². The van der Waals surface area contributed by atoms with Crippen LogP contribution in [0.25, 0.3) is 0 Å². The van der Waals surface area contributed by atoms with Gasteiger partial charge in [0.15, 0.2) is 0 Å². The second-order valence-corrected chi connectivity index (χ2v) is 6.90. The molecule has 0 nitrogen and oxygen atoms in total. The van der Waals surface area contributed by atoms with Crippen molar-refractivity contribution in [3.8, 4) is 44.7 Å². The summed E-state index contributed by atoms with van der Waals surface area (Å²) in [5.74, 6) is 0. The van der Waals surface area contributed by atoms with Crippen LogP contribution in [0.3, 0.4) is 0 Å². The molecule has 0 bridgehead atoms. The van der Waals surface area contributed by atoms with E-state index in [-0.39, 0.29) is 0 Å². The van der Waals surface area contributed by atoms with Crippen LogP contribution < -0.4 is 0 Å². The summed E-state index contributed by atoms with van der Waals surface area (Å²) in [5.41, 5.74) is 0. The Balaban J connectivity index is 4.84. The second kappa shape index (κ2) is 2.94. The number of hydrogen-bond donors (Lipinski definition) is 0. The minimum absolute atomic E-state index is 2.34. The predicted octanol–water partition coefficient (Wildman–Crippen LogP) is 0.125. The molecule has 0 aliphatic rings. The molecule has 0 aromatic rings. The maximum absolute atomic E-state index is 5.05. The number of rotatable bonds is 0. The molecule has 0 aliphatic heterocycles. The Bertz CT molecular complexity index is 197. The Morgan fingerprint density at radius 1 is 0.667 bits per heavy atom. The molecule has 9 heavy (non-hydrogen) atoms. The summed E-state index contributed by atoms with van der Waals surface area (Å²) in [5, 5.41) is 0. The van der Waals surface area contributed by atoms with E-state index in [0.717, 1.165) is 0 Å². The standard InChI is InChI=1S/C8H4Ge/c1-5-9(6-2,7-3)8-4/h1-4H. The summed E-state index contributed by atoms with van der Waals surface area (Å²) in [4.78, 5) is 0. The fourth-order valence-electron chi connectivity index (χ4n) is 0.250. The van der Waals surface area contributed by atoms with Crippen LogP contribution in [0.2, 0.25) is 0 Å². The van der Waals surface area contributed by atoms with Crippen LogP contribution in [0.4, 0.5) is 0 Å². The molecule has 0 unspecified atom stereocenters. The SMILES string of the molecule is C#[C][Ge]([C]#C)([C]#C)[C]#C. The molecule has 0 radical (unpaired) electrons. The average Bonchev–Trinajstić information content (AvgIpc) is 1.95. The van der Waals surface area contributed by atoms with Crippen molar-refractivity contribution in [1.29, 1.82) is 0 Å². The third-order valence-electron chi connectivity index (χ3n) is 0.866. The topological polar surface area (TPSA) is 0 Å². The van der Waals surface area contributed by atoms with Crippen molar-refractivity contribution < 1.29 is 0 Å². The normalized spacial score (nSPS) is 7.56. The monoisotopic (exact) mass is 174 g/mol. The van der Waals surface area contributed by atoms with Crippen LogP contribution in [0, 0.1) is 44.7 Å². The maximum atomic E-state index is 5.05. The average molecular weight is 173 g/mol. The molecule has 0 heterocycles. The molecule has 0 saturated carbocycles. The van der Waals surface area contributed by atoms with Crippen molar-refractivity contribution in [3.63, 3.8) is 0 Å². The molecule has 0 atom stereocenters. The van der Waals surface area contributed by atoms with E-state index in [1.807, 2.05) is 0 Å². The first-order chi connectivity index (χ1) is 4.24. The van der Waals surface area contributed by atoms with Gasteiger partial charge in [0.25, 0.3) is 0 Å². The van der Waals surface area contributed by atoms with Crippen molar-refractivity contribution in [1.82, 2.24) is 0 Å². The molecule has 0 saturated heterocycles. The van der Waals surface area contributed by atoms with Gasteiger partial charge in [-0.3, -0.25) is 0 Å². The van der Waals surface area contributed by atoms with Gasteiger partial charge in [-0.1, -0.05) is 0 Å². The van der Waals surface area contributed by atoms with E-state index in [1.54, 1.807) is 0 Å². The van der Waals surface area contributed by atoms with Gasteiger partial charge in [-0.15, -0.1) is 0 Å².